The first kappa shape index (κ1) is 14.4. The van der Waals surface area contributed by atoms with Gasteiger partial charge in [0.1, 0.15) is 17.1 Å². The molecule has 0 unspecified atom stereocenters. The number of rotatable bonds is 4. The van der Waals surface area contributed by atoms with Crippen molar-refractivity contribution in [3.63, 3.8) is 0 Å². The molecule has 0 aliphatic carbocycles. The molecule has 0 amide bonds. The van der Waals surface area contributed by atoms with E-state index < -0.39 is 0 Å². The molecular weight excluding hydrogens is 352 g/mol. The maximum absolute atomic E-state index is 5.93. The van der Waals surface area contributed by atoms with Crippen LogP contribution in [0.2, 0.25) is 0 Å². The van der Waals surface area contributed by atoms with Crippen LogP contribution in [0.5, 0.6) is 5.75 Å². The first-order chi connectivity index (χ1) is 10.2. The molecule has 5 heteroatoms. The van der Waals surface area contributed by atoms with Crippen molar-refractivity contribution in [2.75, 3.05) is 13.0 Å². The van der Waals surface area contributed by atoms with Crippen LogP contribution in [0.3, 0.4) is 0 Å². The maximum Gasteiger partial charge on any atom is 0.146 e. The van der Waals surface area contributed by atoms with Gasteiger partial charge in [-0.2, -0.15) is 0 Å². The smallest absolute Gasteiger partial charge is 0.146 e. The number of imidazole rings is 1. The summed E-state index contributed by atoms with van der Waals surface area (Å²) in [6.45, 7) is 0. The Labute approximate surface area is 136 Å². The van der Waals surface area contributed by atoms with E-state index in [-0.39, 0.29) is 0 Å². The van der Waals surface area contributed by atoms with E-state index in [4.69, 9.17) is 21.3 Å². The molecule has 0 saturated heterocycles. The van der Waals surface area contributed by atoms with Crippen LogP contribution in [0.15, 0.2) is 46.9 Å². The second-order valence-electron chi connectivity index (χ2n) is 4.61. The molecule has 1 heterocycles. The average molecular weight is 366 g/mol. The number of halogens is 2. The van der Waals surface area contributed by atoms with Crippen molar-refractivity contribution >= 4 is 38.6 Å². The van der Waals surface area contributed by atoms with Gasteiger partial charge in [0, 0.05) is 22.5 Å². The largest absolute Gasteiger partial charge is 0.494 e. The summed E-state index contributed by atoms with van der Waals surface area (Å²) in [5.41, 5.74) is 2.95. The molecule has 3 nitrogen and oxygen atoms in total. The summed E-state index contributed by atoms with van der Waals surface area (Å²) in [5.74, 6) is 2.24. The number of nitrogens with zero attached hydrogens (tertiary/aromatic N) is 2. The number of methoxy groups -OCH3 is 1. The summed E-state index contributed by atoms with van der Waals surface area (Å²) in [7, 11) is 1.66. The second-order valence-corrected chi connectivity index (χ2v) is 5.90. The lowest BCUT2D eigenvalue weighted by molar-refractivity contribution is 0.419. The zero-order chi connectivity index (χ0) is 14.8. The van der Waals surface area contributed by atoms with Crippen LogP contribution in [0.4, 0.5) is 0 Å². The highest BCUT2D eigenvalue weighted by Crippen LogP contribution is 2.29. The highest BCUT2D eigenvalue weighted by Gasteiger charge is 2.14. The zero-order valence-electron chi connectivity index (χ0n) is 11.5. The van der Waals surface area contributed by atoms with Gasteiger partial charge in [-0.3, -0.25) is 4.57 Å². The average Bonchev–Trinajstić information content (AvgIpc) is 2.86. The summed E-state index contributed by atoms with van der Waals surface area (Å²) in [4.78, 5) is 4.71. The number of para-hydroxylation sites is 1. The first-order valence-corrected chi connectivity index (χ1v) is 7.93. The highest BCUT2D eigenvalue weighted by molar-refractivity contribution is 9.10. The Morgan fingerprint density at radius 2 is 1.95 bits per heavy atom. The minimum Gasteiger partial charge on any atom is -0.494 e. The number of fused-ring (bicyclic) bond motifs is 1. The van der Waals surface area contributed by atoms with Crippen molar-refractivity contribution in [2.24, 2.45) is 0 Å². The standard InChI is InChI=1S/C16H14BrClN2O/c1-21-14-4-2-3-13-16(14)19-15(9-10-18)20(13)12-7-5-11(17)6-8-12/h2-8H,9-10H2,1H3. The topological polar surface area (TPSA) is 27.1 Å². The van der Waals surface area contributed by atoms with Crippen molar-refractivity contribution in [1.82, 2.24) is 9.55 Å². The molecule has 0 bridgehead atoms. The molecule has 0 aliphatic rings. The summed E-state index contributed by atoms with van der Waals surface area (Å²) < 4.78 is 8.59. The molecular formula is C16H14BrClN2O. The van der Waals surface area contributed by atoms with Crippen LogP contribution in [-0.4, -0.2) is 22.5 Å². The maximum atomic E-state index is 5.93. The van der Waals surface area contributed by atoms with E-state index in [1.165, 1.54) is 0 Å². The molecule has 2 aromatic carbocycles. The van der Waals surface area contributed by atoms with E-state index in [1.54, 1.807) is 7.11 Å². The van der Waals surface area contributed by atoms with Crippen LogP contribution in [0.25, 0.3) is 16.7 Å². The van der Waals surface area contributed by atoms with E-state index >= 15 is 0 Å². The van der Waals surface area contributed by atoms with Crippen LogP contribution >= 0.6 is 27.5 Å². The Balaban J connectivity index is 2.28. The van der Waals surface area contributed by atoms with Crippen molar-refractivity contribution in [3.8, 4) is 11.4 Å². The van der Waals surface area contributed by atoms with Crippen molar-refractivity contribution in [1.29, 1.82) is 0 Å². The monoisotopic (exact) mass is 364 g/mol. The third-order valence-electron chi connectivity index (χ3n) is 3.34. The van der Waals surface area contributed by atoms with Gasteiger partial charge in [0.05, 0.1) is 12.6 Å². The summed E-state index contributed by atoms with van der Waals surface area (Å²) in [6.07, 6.45) is 0.704. The lowest BCUT2D eigenvalue weighted by Crippen LogP contribution is -2.01. The van der Waals surface area contributed by atoms with Crippen molar-refractivity contribution < 1.29 is 4.74 Å². The fraction of sp³-hybridized carbons (Fsp3) is 0.188. The van der Waals surface area contributed by atoms with Gasteiger partial charge < -0.3 is 4.74 Å². The SMILES string of the molecule is COc1cccc2c1nc(CCCl)n2-c1ccc(Br)cc1. The fourth-order valence-electron chi connectivity index (χ4n) is 2.42. The number of aryl methyl sites for hydroxylation is 1. The van der Waals surface area contributed by atoms with Gasteiger partial charge in [-0.25, -0.2) is 4.98 Å². The van der Waals surface area contributed by atoms with Gasteiger partial charge in [0.15, 0.2) is 0 Å². The van der Waals surface area contributed by atoms with Crippen LogP contribution in [-0.2, 0) is 6.42 Å². The van der Waals surface area contributed by atoms with E-state index in [1.807, 2.05) is 30.3 Å². The first-order valence-electron chi connectivity index (χ1n) is 6.61. The predicted molar refractivity (Wildman–Crippen MR) is 89.7 cm³/mol. The van der Waals surface area contributed by atoms with Gasteiger partial charge in [0.2, 0.25) is 0 Å². The van der Waals surface area contributed by atoms with Gasteiger partial charge in [0.25, 0.3) is 0 Å². The van der Waals surface area contributed by atoms with Crippen LogP contribution < -0.4 is 4.74 Å². The molecule has 1 aromatic heterocycles. The van der Waals surface area contributed by atoms with Crippen molar-refractivity contribution in [3.05, 3.63) is 52.8 Å². The van der Waals surface area contributed by atoms with Gasteiger partial charge in [-0.15, -0.1) is 11.6 Å². The fourth-order valence-corrected chi connectivity index (χ4v) is 2.85. The van der Waals surface area contributed by atoms with Gasteiger partial charge >= 0.3 is 0 Å². The van der Waals surface area contributed by atoms with E-state index in [2.05, 4.69) is 32.6 Å². The minimum absolute atomic E-state index is 0.530. The molecule has 0 spiro atoms. The quantitative estimate of drug-likeness (QED) is 0.633. The van der Waals surface area contributed by atoms with E-state index in [9.17, 15) is 0 Å². The summed E-state index contributed by atoms with van der Waals surface area (Å²) in [5, 5.41) is 0. The summed E-state index contributed by atoms with van der Waals surface area (Å²) >= 11 is 9.39. The number of hydrogen-bond acceptors (Lipinski definition) is 2. The Kier molecular flexibility index (Phi) is 4.17. The predicted octanol–water partition coefficient (Wildman–Crippen LogP) is 4.58. The highest BCUT2D eigenvalue weighted by atomic mass is 79.9. The Morgan fingerprint density at radius 3 is 2.62 bits per heavy atom. The number of aromatic nitrogens is 2. The third-order valence-corrected chi connectivity index (χ3v) is 4.06. The van der Waals surface area contributed by atoms with Crippen LogP contribution in [0, 0.1) is 0 Å². The zero-order valence-corrected chi connectivity index (χ0v) is 13.9. The number of ether oxygens (including phenoxy) is 1. The third kappa shape index (κ3) is 2.65. The van der Waals surface area contributed by atoms with Gasteiger partial charge in [-0.05, 0) is 36.4 Å². The molecule has 3 rings (SSSR count). The van der Waals surface area contributed by atoms with E-state index in [0.29, 0.717) is 12.3 Å². The molecule has 0 N–H and O–H groups in total. The molecule has 108 valence electrons. The molecule has 0 fully saturated rings. The van der Waals surface area contributed by atoms with Gasteiger partial charge in [-0.1, -0.05) is 22.0 Å². The molecule has 0 aliphatic heterocycles. The minimum atomic E-state index is 0.530. The number of alkyl halides is 1. The Bertz CT molecular complexity index is 768. The second kappa shape index (κ2) is 6.08. The molecule has 0 radical (unpaired) electrons. The molecule has 21 heavy (non-hydrogen) atoms. The van der Waals surface area contributed by atoms with E-state index in [0.717, 1.165) is 32.8 Å². The lowest BCUT2D eigenvalue weighted by atomic mass is 10.2. The lowest BCUT2D eigenvalue weighted by Gasteiger charge is -2.09. The Morgan fingerprint density at radius 1 is 1.19 bits per heavy atom. The number of hydrogen-bond donors (Lipinski definition) is 0. The molecule has 3 aromatic rings. The normalized spacial score (nSPS) is 11.0. The van der Waals surface area contributed by atoms with Crippen molar-refractivity contribution in [2.45, 2.75) is 6.42 Å². The summed E-state index contributed by atoms with van der Waals surface area (Å²) in [6, 6.07) is 14.1. The van der Waals surface area contributed by atoms with Crippen LogP contribution in [0.1, 0.15) is 5.82 Å². The molecule has 0 atom stereocenters. The Hall–Kier alpha value is -1.52. The number of benzene rings is 2. The molecule has 0 saturated carbocycles.